The van der Waals surface area contributed by atoms with E-state index in [1.54, 1.807) is 16.5 Å². The first-order valence-corrected chi connectivity index (χ1v) is 12.8. The van der Waals surface area contributed by atoms with Crippen molar-refractivity contribution in [3.8, 4) is 5.75 Å². The van der Waals surface area contributed by atoms with Crippen LogP contribution in [0.4, 0.5) is 0 Å². The molecule has 2 heterocycles. The Morgan fingerprint density at radius 1 is 1.09 bits per heavy atom. The van der Waals surface area contributed by atoms with Crippen LogP contribution in [0.5, 0.6) is 5.75 Å². The number of ether oxygens (including phenoxy) is 1. The average Bonchev–Trinajstić information content (AvgIpc) is 3.25. The molecule has 3 aromatic carbocycles. The second kappa shape index (κ2) is 8.91. The van der Waals surface area contributed by atoms with Gasteiger partial charge in [-0.05, 0) is 95.6 Å². The molecular formula is C25H17Cl2IN2O2S. The van der Waals surface area contributed by atoms with Gasteiger partial charge in [0.25, 0.3) is 5.56 Å². The SMILES string of the molecule is Cc1cc2nc3s/c(=C\c4ccc(OCc5ccc(Cl)cc5Cl)c(I)c4)c(=O)n3c2cc1C. The molecule has 4 nitrogen and oxygen atoms in total. The van der Waals surface area contributed by atoms with Crippen molar-refractivity contribution in [1.29, 1.82) is 0 Å². The summed E-state index contributed by atoms with van der Waals surface area (Å²) in [6, 6.07) is 15.3. The predicted octanol–water partition coefficient (Wildman–Crippen LogP) is 6.56. The van der Waals surface area contributed by atoms with E-state index in [0.29, 0.717) is 26.1 Å². The molecule has 2 aromatic heterocycles. The molecule has 0 radical (unpaired) electrons. The lowest BCUT2D eigenvalue weighted by Gasteiger charge is -2.10. The molecule has 0 aliphatic carbocycles. The number of thiazole rings is 1. The molecule has 5 rings (SSSR count). The molecule has 5 aromatic rings. The van der Waals surface area contributed by atoms with Crippen molar-refractivity contribution in [3.05, 3.63) is 99.3 Å². The Kier molecular flexibility index (Phi) is 6.11. The quantitative estimate of drug-likeness (QED) is 0.218. The van der Waals surface area contributed by atoms with Gasteiger partial charge in [-0.2, -0.15) is 0 Å². The Balaban J connectivity index is 1.45. The fraction of sp³-hybridized carbons (Fsp3) is 0.120. The number of halogens is 3. The Morgan fingerprint density at radius 2 is 1.88 bits per heavy atom. The van der Waals surface area contributed by atoms with E-state index in [0.717, 1.165) is 37.0 Å². The minimum absolute atomic E-state index is 0.0477. The fourth-order valence-corrected chi connectivity index (χ4v) is 5.73. The molecule has 0 atom stereocenters. The first kappa shape index (κ1) is 22.7. The molecule has 0 unspecified atom stereocenters. The highest BCUT2D eigenvalue weighted by Crippen LogP contribution is 2.26. The van der Waals surface area contributed by atoms with Crippen molar-refractivity contribution in [1.82, 2.24) is 9.38 Å². The van der Waals surface area contributed by atoms with E-state index < -0.39 is 0 Å². The van der Waals surface area contributed by atoms with Crippen LogP contribution >= 0.6 is 57.1 Å². The highest BCUT2D eigenvalue weighted by atomic mass is 127. The lowest BCUT2D eigenvalue weighted by atomic mass is 10.1. The van der Waals surface area contributed by atoms with Crippen LogP contribution < -0.4 is 14.8 Å². The number of fused-ring (bicyclic) bond motifs is 3. The van der Waals surface area contributed by atoms with Crippen LogP contribution in [0, 0.1) is 17.4 Å². The zero-order chi connectivity index (χ0) is 23.3. The van der Waals surface area contributed by atoms with Gasteiger partial charge in [0.2, 0.25) is 0 Å². The second-order valence-electron chi connectivity index (χ2n) is 7.79. The van der Waals surface area contributed by atoms with E-state index >= 15 is 0 Å². The van der Waals surface area contributed by atoms with Crippen molar-refractivity contribution in [2.45, 2.75) is 20.5 Å². The van der Waals surface area contributed by atoms with Crippen molar-refractivity contribution in [3.63, 3.8) is 0 Å². The monoisotopic (exact) mass is 606 g/mol. The Bertz CT molecular complexity index is 1660. The van der Waals surface area contributed by atoms with Gasteiger partial charge < -0.3 is 4.74 Å². The molecule has 0 bridgehead atoms. The molecule has 0 amide bonds. The largest absolute Gasteiger partial charge is 0.488 e. The summed E-state index contributed by atoms with van der Waals surface area (Å²) in [5.74, 6) is 0.749. The van der Waals surface area contributed by atoms with Crippen LogP contribution in [-0.2, 0) is 6.61 Å². The number of rotatable bonds is 4. The van der Waals surface area contributed by atoms with Gasteiger partial charge in [-0.1, -0.05) is 46.7 Å². The number of nitrogens with zero attached hydrogens (tertiary/aromatic N) is 2. The van der Waals surface area contributed by atoms with Gasteiger partial charge in [0.05, 0.1) is 19.1 Å². The summed E-state index contributed by atoms with van der Waals surface area (Å²) < 4.78 is 9.25. The van der Waals surface area contributed by atoms with E-state index in [1.807, 2.05) is 49.4 Å². The standard InChI is InChI=1S/C25H17Cl2IN2O2S/c1-13-7-20-21(8-14(13)2)30-24(31)23(33-25(30)29-20)10-15-3-6-22(19(28)9-15)32-12-16-4-5-17(26)11-18(16)27/h3-11H,12H2,1-2H3/b23-10-. The number of aromatic nitrogens is 2. The van der Waals surface area contributed by atoms with Gasteiger partial charge in [0.1, 0.15) is 12.4 Å². The molecule has 0 saturated carbocycles. The molecule has 0 fully saturated rings. The summed E-state index contributed by atoms with van der Waals surface area (Å²) in [5, 5.41) is 1.17. The summed E-state index contributed by atoms with van der Waals surface area (Å²) in [6.07, 6.45) is 1.90. The number of imidazole rings is 1. The molecule has 166 valence electrons. The van der Waals surface area contributed by atoms with Gasteiger partial charge in [0.15, 0.2) is 4.96 Å². The molecule has 0 aliphatic heterocycles. The highest BCUT2D eigenvalue weighted by Gasteiger charge is 2.13. The summed E-state index contributed by atoms with van der Waals surface area (Å²) >= 11 is 15.8. The summed E-state index contributed by atoms with van der Waals surface area (Å²) in [4.78, 5) is 18.5. The van der Waals surface area contributed by atoms with E-state index in [2.05, 4.69) is 34.5 Å². The number of benzene rings is 3. The van der Waals surface area contributed by atoms with Gasteiger partial charge >= 0.3 is 0 Å². The summed E-state index contributed by atoms with van der Waals surface area (Å²) in [6.45, 7) is 4.44. The molecule has 0 N–H and O–H groups in total. The Hall–Kier alpha value is -2.13. The molecule has 0 saturated heterocycles. The lowest BCUT2D eigenvalue weighted by molar-refractivity contribution is 0.304. The van der Waals surface area contributed by atoms with Crippen LogP contribution in [0.15, 0.2) is 53.3 Å². The Labute approximate surface area is 217 Å². The molecule has 0 spiro atoms. The minimum atomic E-state index is -0.0477. The Morgan fingerprint density at radius 3 is 2.64 bits per heavy atom. The maximum atomic E-state index is 13.1. The molecule has 8 heteroatoms. The van der Waals surface area contributed by atoms with Crippen molar-refractivity contribution >= 4 is 79.2 Å². The van der Waals surface area contributed by atoms with E-state index in [-0.39, 0.29) is 5.56 Å². The number of hydrogen-bond acceptors (Lipinski definition) is 4. The second-order valence-corrected chi connectivity index (χ2v) is 10.8. The van der Waals surface area contributed by atoms with Crippen LogP contribution in [0.2, 0.25) is 10.0 Å². The normalized spacial score (nSPS) is 12.2. The third-order valence-electron chi connectivity index (χ3n) is 5.51. The topological polar surface area (TPSA) is 43.6 Å². The van der Waals surface area contributed by atoms with Crippen LogP contribution in [0.1, 0.15) is 22.3 Å². The fourth-order valence-electron chi connectivity index (χ4n) is 3.59. The van der Waals surface area contributed by atoms with Gasteiger partial charge in [0, 0.05) is 15.6 Å². The zero-order valence-electron chi connectivity index (χ0n) is 17.7. The van der Waals surface area contributed by atoms with Gasteiger partial charge in [-0.25, -0.2) is 9.38 Å². The van der Waals surface area contributed by atoms with E-state index in [1.165, 1.54) is 16.9 Å². The highest BCUT2D eigenvalue weighted by molar-refractivity contribution is 14.1. The van der Waals surface area contributed by atoms with Gasteiger partial charge in [-0.3, -0.25) is 4.79 Å². The van der Waals surface area contributed by atoms with Crippen molar-refractivity contribution in [2.75, 3.05) is 0 Å². The van der Waals surface area contributed by atoms with Crippen LogP contribution in [0.25, 0.3) is 22.1 Å². The first-order chi connectivity index (χ1) is 15.8. The predicted molar refractivity (Wildman–Crippen MR) is 145 cm³/mol. The van der Waals surface area contributed by atoms with E-state index in [4.69, 9.17) is 27.9 Å². The molecular weight excluding hydrogens is 590 g/mol. The van der Waals surface area contributed by atoms with E-state index in [9.17, 15) is 4.79 Å². The van der Waals surface area contributed by atoms with Crippen molar-refractivity contribution < 1.29 is 4.74 Å². The number of hydrogen-bond donors (Lipinski definition) is 0. The third-order valence-corrected chi connectivity index (χ3v) is 7.91. The molecule has 33 heavy (non-hydrogen) atoms. The summed E-state index contributed by atoms with van der Waals surface area (Å²) in [7, 11) is 0. The maximum Gasteiger partial charge on any atom is 0.274 e. The third kappa shape index (κ3) is 4.37. The minimum Gasteiger partial charge on any atom is -0.488 e. The number of aryl methyl sites for hydroxylation is 2. The smallest absolute Gasteiger partial charge is 0.274 e. The zero-order valence-corrected chi connectivity index (χ0v) is 22.1. The van der Waals surface area contributed by atoms with Crippen LogP contribution in [-0.4, -0.2) is 9.38 Å². The summed E-state index contributed by atoms with van der Waals surface area (Å²) in [5.41, 5.74) is 5.76. The van der Waals surface area contributed by atoms with Crippen LogP contribution in [0.3, 0.4) is 0 Å². The average molecular weight is 607 g/mol. The van der Waals surface area contributed by atoms with Gasteiger partial charge in [-0.15, -0.1) is 0 Å². The first-order valence-electron chi connectivity index (χ1n) is 10.1. The maximum absolute atomic E-state index is 13.1. The van der Waals surface area contributed by atoms with Crippen molar-refractivity contribution in [2.24, 2.45) is 0 Å². The lowest BCUT2D eigenvalue weighted by Crippen LogP contribution is -2.22. The molecule has 0 aliphatic rings.